The van der Waals surface area contributed by atoms with Gasteiger partial charge in [0.1, 0.15) is 5.75 Å². The number of benzene rings is 1. The molecule has 0 unspecified atom stereocenters. The number of carbonyl (C=O) groups excluding carboxylic acids is 1. The van der Waals surface area contributed by atoms with Gasteiger partial charge in [-0.3, -0.25) is 9.69 Å². The summed E-state index contributed by atoms with van der Waals surface area (Å²) in [6.45, 7) is 5.26. The minimum atomic E-state index is 0.113. The van der Waals surface area contributed by atoms with Crippen molar-refractivity contribution < 1.29 is 14.3 Å². The van der Waals surface area contributed by atoms with Crippen LogP contribution in [-0.4, -0.2) is 67.2 Å². The highest BCUT2D eigenvalue weighted by atomic mass is 16.5. The maximum absolute atomic E-state index is 13.0. The summed E-state index contributed by atoms with van der Waals surface area (Å²) in [5, 5.41) is 0. The highest BCUT2D eigenvalue weighted by molar-refractivity contribution is 5.97. The summed E-state index contributed by atoms with van der Waals surface area (Å²) in [4.78, 5) is 17.5. The second-order valence-corrected chi connectivity index (χ2v) is 7.34. The second-order valence-electron chi connectivity index (χ2n) is 7.34. The number of piperazine rings is 1. The quantitative estimate of drug-likeness (QED) is 0.842. The topological polar surface area (TPSA) is 42.0 Å². The number of nitrogens with zero attached hydrogens (tertiary/aromatic N) is 2. The summed E-state index contributed by atoms with van der Waals surface area (Å²) in [5.74, 6) is 0.866. The van der Waals surface area contributed by atoms with E-state index in [1.54, 1.807) is 0 Å². The molecule has 25 heavy (non-hydrogen) atoms. The standard InChI is InChI=1S/C20H28N2O3/c23-20(18-6-1-2-7-19(18)25-17-4-3-5-17)22-12-10-21(11-13-22)16-8-14-24-15-9-16/h1-2,6-7,16-17H,3-5,8-15H2. The highest BCUT2D eigenvalue weighted by Gasteiger charge is 2.29. The Morgan fingerprint density at radius 2 is 1.72 bits per heavy atom. The van der Waals surface area contributed by atoms with Crippen LogP contribution in [0.25, 0.3) is 0 Å². The van der Waals surface area contributed by atoms with Crippen molar-refractivity contribution in [3.05, 3.63) is 29.8 Å². The maximum Gasteiger partial charge on any atom is 0.257 e. The van der Waals surface area contributed by atoms with E-state index in [9.17, 15) is 4.79 Å². The zero-order valence-electron chi connectivity index (χ0n) is 14.9. The molecule has 1 aromatic rings. The van der Waals surface area contributed by atoms with Crippen LogP contribution >= 0.6 is 0 Å². The van der Waals surface area contributed by atoms with Crippen molar-refractivity contribution in [3.8, 4) is 5.75 Å². The number of ether oxygens (including phenoxy) is 2. The molecule has 5 nitrogen and oxygen atoms in total. The molecule has 2 aliphatic heterocycles. The number of carbonyl (C=O) groups is 1. The first kappa shape index (κ1) is 16.9. The van der Waals surface area contributed by atoms with Crippen LogP contribution in [0, 0.1) is 0 Å². The van der Waals surface area contributed by atoms with Crippen LogP contribution in [0.3, 0.4) is 0 Å². The molecule has 3 aliphatic rings. The molecule has 0 radical (unpaired) electrons. The van der Waals surface area contributed by atoms with Crippen molar-refractivity contribution in [2.45, 2.75) is 44.2 Å². The van der Waals surface area contributed by atoms with E-state index in [4.69, 9.17) is 9.47 Å². The van der Waals surface area contributed by atoms with E-state index in [1.807, 2.05) is 29.2 Å². The molecule has 1 aromatic carbocycles. The lowest BCUT2D eigenvalue weighted by atomic mass is 9.96. The third-order valence-corrected chi connectivity index (χ3v) is 5.77. The highest BCUT2D eigenvalue weighted by Crippen LogP contribution is 2.28. The lowest BCUT2D eigenvalue weighted by molar-refractivity contribution is 0.0135. The SMILES string of the molecule is O=C(c1ccccc1OC1CCC1)N1CCN(C2CCOCC2)CC1. The summed E-state index contributed by atoms with van der Waals surface area (Å²) in [6.07, 6.45) is 5.96. The normalized spacial score (nSPS) is 23.3. The van der Waals surface area contributed by atoms with Crippen molar-refractivity contribution in [3.63, 3.8) is 0 Å². The van der Waals surface area contributed by atoms with E-state index in [0.717, 1.165) is 70.8 Å². The molecule has 5 heteroatoms. The van der Waals surface area contributed by atoms with Crippen LogP contribution in [0.15, 0.2) is 24.3 Å². The summed E-state index contributed by atoms with van der Waals surface area (Å²) < 4.78 is 11.5. The Morgan fingerprint density at radius 1 is 1.00 bits per heavy atom. The summed E-state index contributed by atoms with van der Waals surface area (Å²) in [5.41, 5.74) is 0.717. The Bertz CT molecular complexity index is 588. The van der Waals surface area contributed by atoms with Crippen LogP contribution in [0.1, 0.15) is 42.5 Å². The number of rotatable bonds is 4. The van der Waals surface area contributed by atoms with Crippen LogP contribution in [0.5, 0.6) is 5.75 Å². The van der Waals surface area contributed by atoms with Crippen molar-refractivity contribution in [2.24, 2.45) is 0 Å². The van der Waals surface area contributed by atoms with Crippen LogP contribution < -0.4 is 4.74 Å². The average Bonchev–Trinajstić information content (AvgIpc) is 2.65. The largest absolute Gasteiger partial charge is 0.490 e. The van der Waals surface area contributed by atoms with Crippen molar-refractivity contribution in [2.75, 3.05) is 39.4 Å². The number of hydrogen-bond acceptors (Lipinski definition) is 4. The lowest BCUT2D eigenvalue weighted by Crippen LogP contribution is -2.53. The monoisotopic (exact) mass is 344 g/mol. The summed E-state index contributed by atoms with van der Waals surface area (Å²) in [7, 11) is 0. The van der Waals surface area contributed by atoms with Crippen molar-refractivity contribution in [1.82, 2.24) is 9.80 Å². The maximum atomic E-state index is 13.0. The predicted molar refractivity (Wildman–Crippen MR) is 96.0 cm³/mol. The molecule has 1 amide bonds. The number of para-hydroxylation sites is 1. The third kappa shape index (κ3) is 3.82. The van der Waals surface area contributed by atoms with Gasteiger partial charge in [-0.2, -0.15) is 0 Å². The van der Waals surface area contributed by atoms with Crippen LogP contribution in [0.4, 0.5) is 0 Å². The molecular weight excluding hydrogens is 316 g/mol. The lowest BCUT2D eigenvalue weighted by Gasteiger charge is -2.40. The van der Waals surface area contributed by atoms with Crippen LogP contribution in [-0.2, 0) is 4.74 Å². The molecule has 0 N–H and O–H groups in total. The molecule has 4 rings (SSSR count). The first-order valence-electron chi connectivity index (χ1n) is 9.68. The van der Waals surface area contributed by atoms with Gasteiger partial charge in [0.15, 0.2) is 0 Å². The Morgan fingerprint density at radius 3 is 2.40 bits per heavy atom. The third-order valence-electron chi connectivity index (χ3n) is 5.77. The van der Waals surface area contributed by atoms with Gasteiger partial charge in [-0.25, -0.2) is 0 Å². The van der Waals surface area contributed by atoms with Gasteiger partial charge in [0, 0.05) is 45.4 Å². The zero-order chi connectivity index (χ0) is 17.1. The average molecular weight is 344 g/mol. The summed E-state index contributed by atoms with van der Waals surface area (Å²) in [6, 6.07) is 8.35. The molecular formula is C20H28N2O3. The van der Waals surface area contributed by atoms with E-state index in [2.05, 4.69) is 4.90 Å². The van der Waals surface area contributed by atoms with Crippen LogP contribution in [0.2, 0.25) is 0 Å². The Hall–Kier alpha value is -1.59. The predicted octanol–water partition coefficient (Wildman–Crippen LogP) is 2.55. The summed E-state index contributed by atoms with van der Waals surface area (Å²) >= 11 is 0. The van der Waals surface area contributed by atoms with Crippen molar-refractivity contribution in [1.29, 1.82) is 0 Å². The fourth-order valence-electron chi connectivity index (χ4n) is 3.93. The molecule has 0 bridgehead atoms. The number of amides is 1. The molecule has 2 saturated heterocycles. The molecule has 0 atom stereocenters. The van der Waals surface area contributed by atoms with Gasteiger partial charge in [0.25, 0.3) is 5.91 Å². The molecule has 1 aliphatic carbocycles. The van der Waals surface area contributed by atoms with Crippen molar-refractivity contribution >= 4 is 5.91 Å². The first-order valence-corrected chi connectivity index (χ1v) is 9.68. The van der Waals surface area contributed by atoms with E-state index in [1.165, 1.54) is 6.42 Å². The van der Waals surface area contributed by atoms with Gasteiger partial charge < -0.3 is 14.4 Å². The molecule has 136 valence electrons. The molecule has 2 heterocycles. The van der Waals surface area contributed by atoms with E-state index in [0.29, 0.717) is 17.7 Å². The zero-order valence-corrected chi connectivity index (χ0v) is 14.9. The van der Waals surface area contributed by atoms with Gasteiger partial charge in [0.2, 0.25) is 0 Å². The minimum Gasteiger partial charge on any atom is -0.490 e. The van der Waals surface area contributed by atoms with E-state index >= 15 is 0 Å². The second kappa shape index (κ2) is 7.75. The minimum absolute atomic E-state index is 0.113. The Kier molecular flexibility index (Phi) is 5.22. The van der Waals surface area contributed by atoms with E-state index in [-0.39, 0.29) is 5.91 Å². The first-order chi connectivity index (χ1) is 12.3. The molecule has 0 aromatic heterocycles. The fraction of sp³-hybridized carbons (Fsp3) is 0.650. The Labute approximate surface area is 149 Å². The van der Waals surface area contributed by atoms with Gasteiger partial charge in [0.05, 0.1) is 11.7 Å². The Balaban J connectivity index is 1.37. The van der Waals surface area contributed by atoms with Gasteiger partial charge in [-0.1, -0.05) is 12.1 Å². The van der Waals surface area contributed by atoms with Gasteiger partial charge in [-0.05, 0) is 44.2 Å². The van der Waals surface area contributed by atoms with Gasteiger partial charge in [-0.15, -0.1) is 0 Å². The molecule has 3 fully saturated rings. The molecule has 0 spiro atoms. The van der Waals surface area contributed by atoms with E-state index < -0.39 is 0 Å². The number of hydrogen-bond donors (Lipinski definition) is 0. The van der Waals surface area contributed by atoms with Gasteiger partial charge >= 0.3 is 0 Å². The molecule has 1 saturated carbocycles. The fourth-order valence-corrected chi connectivity index (χ4v) is 3.93. The smallest absolute Gasteiger partial charge is 0.257 e.